The number of rotatable bonds is 7. The van der Waals surface area contributed by atoms with Crippen LogP contribution in [0.5, 0.6) is 0 Å². The topological polar surface area (TPSA) is 122 Å². The highest BCUT2D eigenvalue weighted by Gasteiger charge is 2.38. The van der Waals surface area contributed by atoms with Crippen LogP contribution in [0.15, 0.2) is 47.4 Å². The molecule has 0 unspecified atom stereocenters. The van der Waals surface area contributed by atoms with Crippen LogP contribution in [0, 0.1) is 5.92 Å². The summed E-state index contributed by atoms with van der Waals surface area (Å²) in [6, 6.07) is 12.5. The van der Waals surface area contributed by atoms with Crippen LogP contribution >= 0.6 is 0 Å². The zero-order valence-corrected chi connectivity index (χ0v) is 25.5. The van der Waals surface area contributed by atoms with E-state index in [0.717, 1.165) is 63.4 Å². The highest BCUT2D eigenvalue weighted by Crippen LogP contribution is 2.31. The van der Waals surface area contributed by atoms with E-state index < -0.39 is 22.2 Å². The number of hydrogen-bond donors (Lipinski definition) is 3. The fourth-order valence-electron chi connectivity index (χ4n) is 4.84. The molecule has 0 radical (unpaired) electrons. The molecule has 0 aromatic heterocycles. The second-order valence-electron chi connectivity index (χ2n) is 11.1. The molecule has 2 aliphatic rings. The van der Waals surface area contributed by atoms with E-state index in [1.165, 1.54) is 0 Å². The number of halogens is 3. The van der Waals surface area contributed by atoms with Crippen molar-refractivity contribution in [1.29, 1.82) is 0 Å². The van der Waals surface area contributed by atoms with Crippen molar-refractivity contribution >= 4 is 33.3 Å². The van der Waals surface area contributed by atoms with Crippen LogP contribution in [0.4, 0.5) is 24.5 Å². The van der Waals surface area contributed by atoms with Crippen molar-refractivity contribution in [3.8, 4) is 0 Å². The summed E-state index contributed by atoms with van der Waals surface area (Å²) in [6.45, 7) is 10.6. The number of alkyl halides is 3. The minimum absolute atomic E-state index is 0.0596. The maximum absolute atomic E-state index is 13.4. The molecule has 2 fully saturated rings. The number of amides is 1. The predicted octanol–water partition coefficient (Wildman–Crippen LogP) is 3.51. The van der Waals surface area contributed by atoms with Crippen LogP contribution in [0.1, 0.15) is 36.2 Å². The predicted molar refractivity (Wildman–Crippen MR) is 159 cm³/mol. The molecule has 14 heteroatoms. The minimum Gasteiger partial charge on any atom is -0.475 e. The van der Waals surface area contributed by atoms with Crippen LogP contribution in [0.2, 0.25) is 0 Å². The molecule has 0 aliphatic carbocycles. The molecule has 1 amide bonds. The lowest BCUT2D eigenvalue weighted by atomic mass is 10.0. The van der Waals surface area contributed by atoms with Gasteiger partial charge in [-0.1, -0.05) is 26.0 Å². The van der Waals surface area contributed by atoms with Crippen molar-refractivity contribution in [2.24, 2.45) is 5.92 Å². The first-order valence-corrected chi connectivity index (χ1v) is 15.6. The van der Waals surface area contributed by atoms with Gasteiger partial charge < -0.3 is 25.1 Å². The summed E-state index contributed by atoms with van der Waals surface area (Å²) >= 11 is 0. The van der Waals surface area contributed by atoms with Crippen molar-refractivity contribution < 1.29 is 36.3 Å². The van der Waals surface area contributed by atoms with E-state index in [-0.39, 0.29) is 10.8 Å². The highest BCUT2D eigenvalue weighted by molar-refractivity contribution is 7.92. The van der Waals surface area contributed by atoms with E-state index in [2.05, 4.69) is 40.7 Å². The van der Waals surface area contributed by atoms with Crippen molar-refractivity contribution in [1.82, 2.24) is 15.1 Å². The second kappa shape index (κ2) is 14.9. The van der Waals surface area contributed by atoms with Gasteiger partial charge in [-0.25, -0.2) is 13.2 Å². The number of likely N-dealkylation sites (N-methyl/N-ethyl adjacent to an activating group) is 1. The summed E-state index contributed by atoms with van der Waals surface area (Å²) in [5, 5.41) is 10.5. The van der Waals surface area contributed by atoms with Crippen LogP contribution in [-0.4, -0.2) is 101 Å². The summed E-state index contributed by atoms with van der Waals surface area (Å²) in [4.78, 5) is 28.7. The number of piperazine rings is 1. The van der Waals surface area contributed by atoms with Gasteiger partial charge in [0, 0.05) is 51.4 Å². The van der Waals surface area contributed by atoms with Crippen LogP contribution < -0.4 is 14.9 Å². The first-order chi connectivity index (χ1) is 20.2. The standard InChI is InChI=1S/C27H39N5O3S.C2HF3O2/c1-21(2)19-22-5-8-24(9-6-22)36(34,35)29-25-20-23(7-10-26(25)31-15-11-28-12-16-31)27(33)32-14-4-13-30(3)17-18-32;3-2(4,5)1(6)7/h5-10,20-21,28-29H,4,11-19H2,1-3H3;(H,6,7). The van der Waals surface area contributed by atoms with E-state index >= 15 is 0 Å². The average molecular weight is 628 g/mol. The summed E-state index contributed by atoms with van der Waals surface area (Å²) in [6.07, 6.45) is -3.26. The van der Waals surface area contributed by atoms with Crippen LogP contribution in [0.25, 0.3) is 0 Å². The first kappa shape index (κ1) is 34.1. The van der Waals surface area contributed by atoms with Gasteiger partial charge in [0.2, 0.25) is 0 Å². The molecule has 2 aromatic rings. The summed E-state index contributed by atoms with van der Waals surface area (Å²) in [5.41, 5.74) is 2.86. The number of aliphatic carboxylic acids is 1. The lowest BCUT2D eigenvalue weighted by Crippen LogP contribution is -2.43. The molecule has 0 saturated carbocycles. The van der Waals surface area contributed by atoms with Gasteiger partial charge in [-0.05, 0) is 68.2 Å². The number of carboxylic acid groups (broad SMARTS) is 1. The van der Waals surface area contributed by atoms with Gasteiger partial charge in [-0.3, -0.25) is 9.52 Å². The molecule has 10 nitrogen and oxygen atoms in total. The van der Waals surface area contributed by atoms with E-state index in [9.17, 15) is 26.4 Å². The number of anilines is 2. The third-order valence-corrected chi connectivity index (χ3v) is 8.45. The van der Waals surface area contributed by atoms with Gasteiger partial charge in [0.15, 0.2) is 0 Å². The maximum Gasteiger partial charge on any atom is 0.490 e. The summed E-state index contributed by atoms with van der Waals surface area (Å²) in [7, 11) is -1.76. The van der Waals surface area contributed by atoms with Crippen molar-refractivity contribution in [2.75, 3.05) is 69.0 Å². The van der Waals surface area contributed by atoms with Crippen molar-refractivity contribution in [3.05, 3.63) is 53.6 Å². The molecule has 2 aromatic carbocycles. The van der Waals surface area contributed by atoms with Crippen LogP contribution in [-0.2, 0) is 21.2 Å². The van der Waals surface area contributed by atoms with Gasteiger partial charge >= 0.3 is 12.1 Å². The normalized spacial score (nSPS) is 16.7. The lowest BCUT2D eigenvalue weighted by Gasteiger charge is -2.31. The quantitative estimate of drug-likeness (QED) is 0.427. The molecule has 0 bridgehead atoms. The van der Waals surface area contributed by atoms with Gasteiger partial charge in [-0.2, -0.15) is 13.2 Å². The Labute approximate surface area is 250 Å². The molecule has 43 heavy (non-hydrogen) atoms. The van der Waals surface area contributed by atoms with Crippen LogP contribution in [0.3, 0.4) is 0 Å². The molecular weight excluding hydrogens is 587 g/mol. The third kappa shape index (κ3) is 10.1. The number of nitrogens with one attached hydrogen (secondary N) is 2. The zero-order chi connectivity index (χ0) is 31.8. The Balaban J connectivity index is 0.000000646. The largest absolute Gasteiger partial charge is 0.490 e. The Morgan fingerprint density at radius 2 is 1.60 bits per heavy atom. The molecule has 0 spiro atoms. The Kier molecular flexibility index (Phi) is 11.8. The zero-order valence-electron chi connectivity index (χ0n) is 24.7. The molecular formula is C29H40F3N5O5S. The Morgan fingerprint density at radius 1 is 0.977 bits per heavy atom. The number of sulfonamides is 1. The number of hydrogen-bond acceptors (Lipinski definition) is 7. The molecule has 2 aliphatic heterocycles. The van der Waals surface area contributed by atoms with Gasteiger partial charge in [0.25, 0.3) is 15.9 Å². The SMILES string of the molecule is CC(C)Cc1ccc(S(=O)(=O)Nc2cc(C(=O)N3CCCN(C)CC3)ccc2N2CCNCC2)cc1.O=C(O)C(F)(F)F. The Bertz CT molecular complexity index is 1350. The van der Waals surface area contributed by atoms with E-state index in [4.69, 9.17) is 9.90 Å². The maximum atomic E-state index is 13.4. The highest BCUT2D eigenvalue weighted by atomic mass is 32.2. The molecule has 4 rings (SSSR count). The molecule has 0 atom stereocenters. The fraction of sp³-hybridized carbons (Fsp3) is 0.517. The van der Waals surface area contributed by atoms with Crippen molar-refractivity contribution in [3.63, 3.8) is 0 Å². The monoisotopic (exact) mass is 627 g/mol. The number of carbonyl (C=O) groups excluding carboxylic acids is 1. The Hall–Kier alpha value is -3.36. The summed E-state index contributed by atoms with van der Waals surface area (Å²) in [5.74, 6) is -2.32. The Morgan fingerprint density at radius 3 is 2.19 bits per heavy atom. The molecule has 2 heterocycles. The number of nitrogens with zero attached hydrogens (tertiary/aromatic N) is 3. The molecule has 3 N–H and O–H groups in total. The molecule has 2 saturated heterocycles. The lowest BCUT2D eigenvalue weighted by molar-refractivity contribution is -0.192. The van der Waals surface area contributed by atoms with Gasteiger partial charge in [0.1, 0.15) is 0 Å². The van der Waals surface area contributed by atoms with E-state index in [1.807, 2.05) is 29.2 Å². The summed E-state index contributed by atoms with van der Waals surface area (Å²) < 4.78 is 61.3. The number of benzene rings is 2. The number of carbonyl (C=O) groups is 2. The van der Waals surface area contributed by atoms with E-state index in [0.29, 0.717) is 30.3 Å². The second-order valence-corrected chi connectivity index (χ2v) is 12.8. The fourth-order valence-corrected chi connectivity index (χ4v) is 5.91. The average Bonchev–Trinajstić information content (AvgIpc) is 3.17. The third-order valence-electron chi connectivity index (χ3n) is 7.07. The first-order valence-electron chi connectivity index (χ1n) is 14.2. The smallest absolute Gasteiger partial charge is 0.475 e. The molecule has 238 valence electrons. The number of carboxylic acids is 1. The van der Waals surface area contributed by atoms with Gasteiger partial charge in [-0.15, -0.1) is 0 Å². The van der Waals surface area contributed by atoms with Crippen molar-refractivity contribution in [2.45, 2.75) is 37.8 Å². The minimum atomic E-state index is -5.08. The van der Waals surface area contributed by atoms with E-state index in [1.54, 1.807) is 18.2 Å². The van der Waals surface area contributed by atoms with Gasteiger partial charge in [0.05, 0.1) is 16.3 Å².